The van der Waals surface area contributed by atoms with E-state index < -0.39 is 0 Å². The third-order valence-corrected chi connectivity index (χ3v) is 4.84. The second kappa shape index (κ2) is 8.20. The van der Waals surface area contributed by atoms with Gasteiger partial charge in [0.15, 0.2) is 0 Å². The molecule has 4 heteroatoms. The van der Waals surface area contributed by atoms with Gasteiger partial charge in [0, 0.05) is 12.1 Å². The number of benzene rings is 2. The first kappa shape index (κ1) is 18.3. The maximum Gasteiger partial charge on any atom is 0.221 e. The van der Waals surface area contributed by atoms with E-state index in [1.165, 1.54) is 18.4 Å². The highest BCUT2D eigenvalue weighted by molar-refractivity contribution is 5.85. The number of hydrogen-bond donors (Lipinski definition) is 2. The van der Waals surface area contributed by atoms with Crippen LogP contribution in [0.4, 0.5) is 5.69 Å². The van der Waals surface area contributed by atoms with E-state index in [4.69, 9.17) is 5.73 Å². The molecule has 2 aromatic carbocycles. The summed E-state index contributed by atoms with van der Waals surface area (Å²) in [6.45, 7) is 0. The summed E-state index contributed by atoms with van der Waals surface area (Å²) in [7, 11) is 0. The molecule has 3 rings (SSSR count). The molecule has 0 radical (unpaired) electrons. The summed E-state index contributed by atoms with van der Waals surface area (Å²) in [5.74, 6) is 0.110. The number of rotatable bonds is 5. The number of nitrogens with one attached hydrogen (secondary N) is 1. The van der Waals surface area contributed by atoms with Gasteiger partial charge in [0.25, 0.3) is 0 Å². The second-order valence-electron chi connectivity index (χ2n) is 6.40. The molecule has 3 nitrogen and oxygen atoms in total. The molecule has 0 spiro atoms. The molecular formula is C20H25ClN2O. The summed E-state index contributed by atoms with van der Waals surface area (Å²) in [6.07, 6.45) is 5.54. The van der Waals surface area contributed by atoms with Gasteiger partial charge < -0.3 is 11.1 Å². The molecule has 0 heterocycles. The molecule has 0 saturated heterocycles. The minimum Gasteiger partial charge on any atom is -0.399 e. The Hall–Kier alpha value is -2.00. The van der Waals surface area contributed by atoms with Gasteiger partial charge >= 0.3 is 0 Å². The van der Waals surface area contributed by atoms with Gasteiger partial charge in [0.1, 0.15) is 0 Å². The molecule has 0 bridgehead atoms. The predicted molar refractivity (Wildman–Crippen MR) is 101 cm³/mol. The van der Waals surface area contributed by atoms with Crippen molar-refractivity contribution in [2.75, 3.05) is 5.73 Å². The van der Waals surface area contributed by atoms with E-state index in [1.807, 2.05) is 42.5 Å². The topological polar surface area (TPSA) is 55.1 Å². The lowest BCUT2D eigenvalue weighted by Crippen LogP contribution is -2.43. The lowest BCUT2D eigenvalue weighted by molar-refractivity contribution is -0.123. The number of amides is 1. The number of halogens is 1. The number of para-hydroxylation sites is 1. The van der Waals surface area contributed by atoms with Crippen molar-refractivity contribution in [1.29, 1.82) is 0 Å². The Balaban J connectivity index is 0.00000208. The van der Waals surface area contributed by atoms with Crippen molar-refractivity contribution >= 4 is 24.0 Å². The van der Waals surface area contributed by atoms with Gasteiger partial charge in [-0.05, 0) is 36.5 Å². The molecule has 0 aliphatic heterocycles. The first-order chi connectivity index (χ1) is 11.2. The highest BCUT2D eigenvalue weighted by Crippen LogP contribution is 2.38. The van der Waals surface area contributed by atoms with Gasteiger partial charge in [-0.2, -0.15) is 0 Å². The Labute approximate surface area is 150 Å². The second-order valence-corrected chi connectivity index (χ2v) is 6.40. The zero-order chi connectivity index (χ0) is 16.1. The van der Waals surface area contributed by atoms with Crippen LogP contribution in [0.2, 0.25) is 0 Å². The monoisotopic (exact) mass is 344 g/mol. The largest absolute Gasteiger partial charge is 0.399 e. The van der Waals surface area contributed by atoms with Gasteiger partial charge in [-0.25, -0.2) is 0 Å². The first-order valence-corrected chi connectivity index (χ1v) is 8.40. The van der Waals surface area contributed by atoms with Crippen molar-refractivity contribution in [3.63, 3.8) is 0 Å². The smallest absolute Gasteiger partial charge is 0.221 e. The lowest BCUT2D eigenvalue weighted by atomic mass is 9.88. The van der Waals surface area contributed by atoms with Crippen molar-refractivity contribution in [1.82, 2.24) is 5.32 Å². The minimum atomic E-state index is -0.180. The average Bonchev–Trinajstić information content (AvgIpc) is 3.05. The van der Waals surface area contributed by atoms with E-state index in [0.717, 1.165) is 24.1 Å². The van der Waals surface area contributed by atoms with Crippen LogP contribution in [-0.4, -0.2) is 5.91 Å². The normalized spacial score (nSPS) is 15.5. The number of carbonyl (C=O) groups is 1. The van der Waals surface area contributed by atoms with Crippen molar-refractivity contribution in [3.8, 4) is 0 Å². The van der Waals surface area contributed by atoms with E-state index in [2.05, 4.69) is 17.4 Å². The Bertz CT molecular complexity index is 666. The molecule has 1 saturated carbocycles. The van der Waals surface area contributed by atoms with Gasteiger partial charge in [-0.3, -0.25) is 4.79 Å². The van der Waals surface area contributed by atoms with Crippen LogP contribution in [0.3, 0.4) is 0 Å². The van der Waals surface area contributed by atoms with Crippen molar-refractivity contribution in [3.05, 3.63) is 65.7 Å². The number of carbonyl (C=O) groups excluding carboxylic acids is 1. The first-order valence-electron chi connectivity index (χ1n) is 8.40. The summed E-state index contributed by atoms with van der Waals surface area (Å²) in [5.41, 5.74) is 8.81. The molecule has 1 aliphatic rings. The molecule has 1 amide bonds. The number of nitrogen functional groups attached to an aromatic ring is 1. The van der Waals surface area contributed by atoms with Crippen LogP contribution >= 0.6 is 12.4 Å². The highest BCUT2D eigenvalue weighted by Gasteiger charge is 2.36. The Morgan fingerprint density at radius 2 is 1.62 bits per heavy atom. The summed E-state index contributed by atoms with van der Waals surface area (Å²) >= 11 is 0. The van der Waals surface area contributed by atoms with Crippen LogP contribution in [0.1, 0.15) is 43.2 Å². The maximum absolute atomic E-state index is 12.5. The number of hydrogen-bond acceptors (Lipinski definition) is 2. The van der Waals surface area contributed by atoms with E-state index in [9.17, 15) is 4.79 Å². The highest BCUT2D eigenvalue weighted by atomic mass is 35.5. The van der Waals surface area contributed by atoms with E-state index in [0.29, 0.717) is 12.8 Å². The average molecular weight is 345 g/mol. The van der Waals surface area contributed by atoms with Crippen LogP contribution in [0.15, 0.2) is 54.6 Å². The summed E-state index contributed by atoms with van der Waals surface area (Å²) in [4.78, 5) is 12.5. The van der Waals surface area contributed by atoms with Crippen LogP contribution in [-0.2, 0) is 16.8 Å². The van der Waals surface area contributed by atoms with Crippen LogP contribution in [0, 0.1) is 0 Å². The van der Waals surface area contributed by atoms with Crippen LogP contribution in [0.25, 0.3) is 0 Å². The quantitative estimate of drug-likeness (QED) is 0.798. The SMILES string of the molecule is Cl.Nc1ccccc1CCC(=O)NC1(c2ccccc2)CCCC1. The maximum atomic E-state index is 12.5. The zero-order valence-corrected chi connectivity index (χ0v) is 14.6. The molecule has 24 heavy (non-hydrogen) atoms. The molecule has 0 unspecified atom stereocenters. The third kappa shape index (κ3) is 4.09. The Morgan fingerprint density at radius 1 is 1.00 bits per heavy atom. The number of aryl methyl sites for hydroxylation is 1. The van der Waals surface area contributed by atoms with E-state index >= 15 is 0 Å². The molecule has 1 aliphatic carbocycles. The Kier molecular flexibility index (Phi) is 6.27. The third-order valence-electron chi connectivity index (χ3n) is 4.84. The standard InChI is InChI=1S/C20H24N2O.ClH/c21-18-11-5-4-8-16(18)12-13-19(23)22-20(14-6-7-15-20)17-9-2-1-3-10-17;/h1-5,8-11H,6-7,12-15,21H2,(H,22,23);1H. The zero-order valence-electron chi connectivity index (χ0n) is 13.8. The number of anilines is 1. The summed E-state index contributed by atoms with van der Waals surface area (Å²) in [5, 5.41) is 3.32. The summed E-state index contributed by atoms with van der Waals surface area (Å²) < 4.78 is 0. The molecule has 128 valence electrons. The molecule has 0 atom stereocenters. The van der Waals surface area contributed by atoms with Gasteiger partial charge in [-0.1, -0.05) is 61.4 Å². The fourth-order valence-electron chi connectivity index (χ4n) is 3.56. The molecule has 2 aromatic rings. The lowest BCUT2D eigenvalue weighted by Gasteiger charge is -2.31. The van der Waals surface area contributed by atoms with Crippen molar-refractivity contribution in [2.24, 2.45) is 0 Å². The fraction of sp³-hybridized carbons (Fsp3) is 0.350. The van der Waals surface area contributed by atoms with Gasteiger partial charge in [-0.15, -0.1) is 12.4 Å². The Morgan fingerprint density at radius 3 is 2.29 bits per heavy atom. The molecule has 1 fully saturated rings. The predicted octanol–water partition coefficient (Wildman–Crippen LogP) is 4.21. The van der Waals surface area contributed by atoms with E-state index in [1.54, 1.807) is 0 Å². The number of nitrogens with two attached hydrogens (primary N) is 1. The van der Waals surface area contributed by atoms with Crippen molar-refractivity contribution in [2.45, 2.75) is 44.1 Å². The van der Waals surface area contributed by atoms with Gasteiger partial charge in [0.2, 0.25) is 5.91 Å². The van der Waals surface area contributed by atoms with Crippen LogP contribution < -0.4 is 11.1 Å². The van der Waals surface area contributed by atoms with E-state index in [-0.39, 0.29) is 23.9 Å². The summed E-state index contributed by atoms with van der Waals surface area (Å²) in [6, 6.07) is 18.1. The fourth-order valence-corrected chi connectivity index (χ4v) is 3.56. The molecule has 0 aromatic heterocycles. The minimum absolute atomic E-state index is 0. The van der Waals surface area contributed by atoms with Crippen molar-refractivity contribution < 1.29 is 4.79 Å². The molecule has 3 N–H and O–H groups in total. The van der Waals surface area contributed by atoms with Gasteiger partial charge in [0.05, 0.1) is 5.54 Å². The molecular weight excluding hydrogens is 320 g/mol. The van der Waals surface area contributed by atoms with Crippen LogP contribution in [0.5, 0.6) is 0 Å².